The number of amides is 1. The van der Waals surface area contributed by atoms with Gasteiger partial charge in [-0.3, -0.25) is 14.5 Å². The van der Waals surface area contributed by atoms with Crippen molar-refractivity contribution in [3.63, 3.8) is 0 Å². The summed E-state index contributed by atoms with van der Waals surface area (Å²) >= 11 is 13.2. The summed E-state index contributed by atoms with van der Waals surface area (Å²) in [5.74, 6) is -3.50. The van der Waals surface area contributed by atoms with Gasteiger partial charge >= 0.3 is 11.9 Å². The molecule has 2 heterocycles. The third-order valence-corrected chi connectivity index (χ3v) is 11.1. The zero-order valence-electron chi connectivity index (χ0n) is 25.3. The Morgan fingerprint density at radius 2 is 1.45 bits per heavy atom. The van der Waals surface area contributed by atoms with Gasteiger partial charge in [0.2, 0.25) is 5.91 Å². The van der Waals surface area contributed by atoms with Crippen LogP contribution in [0, 0.1) is 11.8 Å². The van der Waals surface area contributed by atoms with Crippen LogP contribution in [0.1, 0.15) is 49.1 Å². The number of aliphatic carboxylic acids is 2. The molecule has 2 saturated carbocycles. The van der Waals surface area contributed by atoms with Crippen LogP contribution < -0.4 is 5.32 Å². The van der Waals surface area contributed by atoms with E-state index < -0.39 is 23.4 Å². The standard InChI is InChI=1S/C34H33Cl2N3O7S/c35-23-7-4-8-24(36)27(23)29-28(33(42)43)25(37-31(30(29)34(44)45)32(47-46)18-5-2-1-3-6-18)17-26(41)39-11-9-38(10-12-39)21-13-19-15-22(40)16-20(19)14-21/h1-8,19-21,29,37H,9-17H2,(H,42,43)(H,44,45). The van der Waals surface area contributed by atoms with Gasteiger partial charge in [0, 0.05) is 66.4 Å². The van der Waals surface area contributed by atoms with Crippen molar-refractivity contribution in [2.45, 2.75) is 44.1 Å². The van der Waals surface area contributed by atoms with Gasteiger partial charge in [0.15, 0.2) is 0 Å². The zero-order chi connectivity index (χ0) is 33.4. The van der Waals surface area contributed by atoms with Gasteiger partial charge in [-0.05, 0) is 42.4 Å². The number of hydrogen-bond donors (Lipinski definition) is 3. The van der Waals surface area contributed by atoms with Crippen LogP contribution in [0.15, 0.2) is 71.1 Å². The second-order valence-electron chi connectivity index (χ2n) is 12.4. The summed E-state index contributed by atoms with van der Waals surface area (Å²) in [6.45, 7) is 2.21. The molecule has 2 aliphatic heterocycles. The zero-order valence-corrected chi connectivity index (χ0v) is 27.6. The number of nitrogens with zero attached hydrogens (tertiary/aromatic N) is 2. The van der Waals surface area contributed by atoms with Crippen LogP contribution in [-0.4, -0.2) is 84.9 Å². The van der Waals surface area contributed by atoms with Crippen LogP contribution in [0.25, 0.3) is 0 Å². The number of Topliss-reactive ketones (excluding diaryl/α,β-unsaturated/α-hetero) is 1. The molecule has 10 nitrogen and oxygen atoms in total. The first kappa shape index (κ1) is 33.1. The number of benzene rings is 2. The number of fused-ring (bicyclic) bond motifs is 1. The highest BCUT2D eigenvalue weighted by Crippen LogP contribution is 2.46. The van der Waals surface area contributed by atoms with Crippen LogP contribution >= 0.6 is 23.2 Å². The molecule has 0 spiro atoms. The third-order valence-electron chi connectivity index (χ3n) is 9.85. The van der Waals surface area contributed by atoms with Gasteiger partial charge in [-0.15, -0.1) is 0 Å². The van der Waals surface area contributed by atoms with Crippen molar-refractivity contribution < 1.29 is 33.6 Å². The Balaban J connectivity index is 1.33. The monoisotopic (exact) mass is 697 g/mol. The summed E-state index contributed by atoms with van der Waals surface area (Å²) in [7, 11) is 0. The molecular formula is C34H33Cl2N3O7S. The summed E-state index contributed by atoms with van der Waals surface area (Å²) in [6, 6.07) is 13.3. The van der Waals surface area contributed by atoms with Crippen molar-refractivity contribution in [1.82, 2.24) is 15.1 Å². The summed E-state index contributed by atoms with van der Waals surface area (Å²) in [5, 5.41) is 24.1. The Morgan fingerprint density at radius 1 is 0.851 bits per heavy atom. The number of dihydropyridines is 1. The Labute approximate surface area is 285 Å². The molecule has 3 atom stereocenters. The number of carbonyl (C=O) groups excluding carboxylic acids is 2. The molecular weight excluding hydrogens is 665 g/mol. The van der Waals surface area contributed by atoms with Crippen molar-refractivity contribution in [2.24, 2.45) is 11.8 Å². The van der Waals surface area contributed by atoms with E-state index in [-0.39, 0.29) is 61.0 Å². The molecule has 0 bridgehead atoms. The molecule has 1 saturated heterocycles. The Kier molecular flexibility index (Phi) is 9.70. The second-order valence-corrected chi connectivity index (χ2v) is 13.8. The number of ketones is 1. The average molecular weight is 699 g/mol. The Bertz CT molecular complexity index is 1730. The number of rotatable bonds is 8. The molecule has 13 heteroatoms. The maximum absolute atomic E-state index is 13.8. The van der Waals surface area contributed by atoms with Crippen LogP contribution in [-0.2, 0) is 30.4 Å². The molecule has 2 aromatic rings. The van der Waals surface area contributed by atoms with E-state index in [0.717, 1.165) is 12.8 Å². The average Bonchev–Trinajstić information content (AvgIpc) is 3.59. The maximum atomic E-state index is 13.8. The summed E-state index contributed by atoms with van der Waals surface area (Å²) in [5.41, 5.74) is -0.501. The number of allylic oxidation sites excluding steroid dienone is 1. The van der Waals surface area contributed by atoms with E-state index in [0.29, 0.717) is 68.2 Å². The van der Waals surface area contributed by atoms with Crippen molar-refractivity contribution in [1.29, 1.82) is 0 Å². The molecule has 0 radical (unpaired) electrons. The smallest absolute Gasteiger partial charge is 0.334 e. The van der Waals surface area contributed by atoms with Gasteiger partial charge in [0.05, 0.1) is 45.3 Å². The Morgan fingerprint density at radius 3 is 2.00 bits per heavy atom. The molecule has 1 amide bonds. The molecule has 2 aliphatic carbocycles. The highest BCUT2D eigenvalue weighted by Gasteiger charge is 2.45. The number of nitrogens with one attached hydrogen (secondary N) is 1. The lowest BCUT2D eigenvalue weighted by molar-refractivity contribution is -0.133. The molecule has 2 aromatic carbocycles. The summed E-state index contributed by atoms with van der Waals surface area (Å²) < 4.78 is 12.6. The highest BCUT2D eigenvalue weighted by atomic mass is 35.5. The minimum absolute atomic E-state index is 0.0159. The lowest BCUT2D eigenvalue weighted by Gasteiger charge is -2.39. The van der Waals surface area contributed by atoms with E-state index in [2.05, 4.69) is 10.2 Å². The van der Waals surface area contributed by atoms with E-state index in [1.54, 1.807) is 41.3 Å². The van der Waals surface area contributed by atoms with Crippen LogP contribution in [0.2, 0.25) is 10.0 Å². The minimum atomic E-state index is -1.50. The first-order valence-electron chi connectivity index (χ1n) is 15.5. The number of piperazine rings is 1. The van der Waals surface area contributed by atoms with E-state index in [1.807, 2.05) is 0 Å². The van der Waals surface area contributed by atoms with Crippen LogP contribution in [0.5, 0.6) is 0 Å². The van der Waals surface area contributed by atoms with Gasteiger partial charge < -0.3 is 20.4 Å². The summed E-state index contributed by atoms with van der Waals surface area (Å²) in [4.78, 5) is 55.7. The molecule has 3 unspecified atom stereocenters. The molecule has 4 aliphatic rings. The molecule has 3 fully saturated rings. The molecule has 0 aromatic heterocycles. The number of halogens is 2. The fourth-order valence-electron chi connectivity index (χ4n) is 7.69. The summed E-state index contributed by atoms with van der Waals surface area (Å²) in [6.07, 6.45) is 2.95. The molecule has 3 N–H and O–H groups in total. The van der Waals surface area contributed by atoms with Crippen molar-refractivity contribution in [3.05, 3.63) is 92.2 Å². The quantitative estimate of drug-likeness (QED) is 0.275. The first-order valence-corrected chi connectivity index (χ1v) is 17.0. The predicted molar refractivity (Wildman–Crippen MR) is 177 cm³/mol. The first-order chi connectivity index (χ1) is 22.6. The van der Waals surface area contributed by atoms with E-state index >= 15 is 0 Å². The number of carboxylic acid groups (broad SMARTS) is 2. The topological polar surface area (TPSA) is 144 Å². The van der Waals surface area contributed by atoms with Gasteiger partial charge in [-0.1, -0.05) is 59.6 Å². The van der Waals surface area contributed by atoms with Gasteiger partial charge in [0.25, 0.3) is 0 Å². The SMILES string of the molecule is O=S=C(C1=C(C(=O)O)C(c2c(Cl)cccc2Cl)C(C(=O)O)=C(CC(=O)N2CCN(C3CC4CC(=O)CC4C3)CC2)N1)c1ccccc1. The van der Waals surface area contributed by atoms with Gasteiger partial charge in [-0.25, -0.2) is 13.8 Å². The predicted octanol–water partition coefficient (Wildman–Crippen LogP) is 4.08. The van der Waals surface area contributed by atoms with Crippen LogP contribution in [0.4, 0.5) is 0 Å². The second kappa shape index (κ2) is 13.8. The molecule has 6 rings (SSSR count). The normalized spacial score (nSPS) is 24.6. The third kappa shape index (κ3) is 6.54. The number of carbonyl (C=O) groups is 4. The molecule has 246 valence electrons. The fraction of sp³-hybridized carbons (Fsp3) is 0.382. The fourth-order valence-corrected chi connectivity index (χ4v) is 8.79. The van der Waals surface area contributed by atoms with E-state index in [1.165, 1.54) is 12.1 Å². The van der Waals surface area contributed by atoms with Crippen molar-refractivity contribution in [3.8, 4) is 0 Å². The lowest BCUT2D eigenvalue weighted by Crippen LogP contribution is -2.52. The van der Waals surface area contributed by atoms with Crippen molar-refractivity contribution >= 4 is 63.0 Å². The van der Waals surface area contributed by atoms with Crippen LogP contribution in [0.3, 0.4) is 0 Å². The number of carboxylic acids is 2. The minimum Gasteiger partial charge on any atom is -0.478 e. The largest absolute Gasteiger partial charge is 0.478 e. The van der Waals surface area contributed by atoms with Gasteiger partial charge in [-0.2, -0.15) is 0 Å². The van der Waals surface area contributed by atoms with E-state index in [4.69, 9.17) is 23.2 Å². The lowest BCUT2D eigenvalue weighted by atomic mass is 9.78. The van der Waals surface area contributed by atoms with Crippen molar-refractivity contribution in [2.75, 3.05) is 26.2 Å². The molecule has 47 heavy (non-hydrogen) atoms. The Hall–Kier alpha value is -3.77. The van der Waals surface area contributed by atoms with E-state index in [9.17, 15) is 33.6 Å². The number of hydrogen-bond acceptors (Lipinski definition) is 7. The van der Waals surface area contributed by atoms with Gasteiger partial charge in [0.1, 0.15) is 5.78 Å². The highest BCUT2D eigenvalue weighted by molar-refractivity contribution is 7.67. The maximum Gasteiger partial charge on any atom is 0.334 e.